The van der Waals surface area contributed by atoms with Crippen LogP contribution in [0.4, 0.5) is 16.2 Å². The van der Waals surface area contributed by atoms with Crippen LogP contribution in [0.5, 0.6) is 5.75 Å². The second-order valence-electron chi connectivity index (χ2n) is 10.6. The summed E-state index contributed by atoms with van der Waals surface area (Å²) >= 11 is 5.85. The fraction of sp³-hybridized carbons (Fsp3) is 0.379. The number of nitrogens with one attached hydrogen (secondary N) is 2. The smallest absolute Gasteiger partial charge is 0.323 e. The lowest BCUT2D eigenvalue weighted by Crippen LogP contribution is -2.42. The number of terminal acetylenes is 1. The number of halogens is 1. The monoisotopic (exact) mass is 657 g/mol. The number of hydrogen-bond acceptors (Lipinski definition) is 12. The Morgan fingerprint density at radius 3 is 2.73 bits per heavy atom. The molecule has 3 heterocycles. The van der Waals surface area contributed by atoms with Crippen LogP contribution in [0.2, 0.25) is 0 Å². The zero-order chi connectivity index (χ0) is 32.5. The van der Waals surface area contributed by atoms with Crippen LogP contribution in [0.1, 0.15) is 27.0 Å². The molecule has 0 saturated carbocycles. The van der Waals surface area contributed by atoms with E-state index in [0.717, 1.165) is 10.8 Å². The van der Waals surface area contributed by atoms with Gasteiger partial charge >= 0.3 is 12.6 Å². The SMILES string of the molecule is C#C[C@@]1(F)[C@H](O)[C@@H](COP(=S)(N[C@H](C)C(=O)OC(C)C)Oc2cccc3ccccc23)O[C@H]1n1cnc2c(NC)nc(N)nc21. The molecule has 6 atom stereocenters. The van der Waals surface area contributed by atoms with E-state index in [1.165, 1.54) is 10.9 Å². The lowest BCUT2D eigenvalue weighted by molar-refractivity contribution is -0.149. The number of aliphatic hydroxyl groups is 1. The van der Waals surface area contributed by atoms with E-state index in [9.17, 15) is 9.90 Å². The minimum Gasteiger partial charge on any atom is -0.462 e. The number of esters is 1. The number of rotatable bonds is 11. The van der Waals surface area contributed by atoms with Crippen molar-refractivity contribution in [2.45, 2.75) is 57.0 Å². The highest BCUT2D eigenvalue weighted by atomic mass is 32.5. The summed E-state index contributed by atoms with van der Waals surface area (Å²) in [5.41, 5.74) is 3.54. The maximum atomic E-state index is 16.4. The van der Waals surface area contributed by atoms with Crippen LogP contribution >= 0.6 is 6.64 Å². The van der Waals surface area contributed by atoms with Crippen LogP contribution in [-0.2, 0) is 30.6 Å². The largest absolute Gasteiger partial charge is 0.462 e. The summed E-state index contributed by atoms with van der Waals surface area (Å²) in [5, 5.41) is 18.6. The maximum absolute atomic E-state index is 16.4. The van der Waals surface area contributed by atoms with Gasteiger partial charge in [0.2, 0.25) is 11.6 Å². The number of nitrogens with two attached hydrogens (primary N) is 1. The Kier molecular flexibility index (Phi) is 9.27. The van der Waals surface area contributed by atoms with Crippen molar-refractivity contribution in [3.05, 3.63) is 48.8 Å². The number of fused-ring (bicyclic) bond motifs is 2. The zero-order valence-electron chi connectivity index (χ0n) is 24.9. The first-order chi connectivity index (χ1) is 21.4. The summed E-state index contributed by atoms with van der Waals surface area (Å²) in [6, 6.07) is 12.0. The Morgan fingerprint density at radius 1 is 1.29 bits per heavy atom. The van der Waals surface area contributed by atoms with Crippen LogP contribution in [0, 0.1) is 12.3 Å². The van der Waals surface area contributed by atoms with E-state index in [1.54, 1.807) is 40.0 Å². The molecular formula is C29H33FN7O6PS. The molecule has 0 spiro atoms. The lowest BCUT2D eigenvalue weighted by Gasteiger charge is -2.28. The summed E-state index contributed by atoms with van der Waals surface area (Å²) in [5.74, 6) is 2.05. The fourth-order valence-electron chi connectivity index (χ4n) is 4.88. The van der Waals surface area contributed by atoms with E-state index in [0.29, 0.717) is 11.6 Å². The van der Waals surface area contributed by atoms with Gasteiger partial charge in [0, 0.05) is 12.4 Å². The average Bonchev–Trinajstić information content (AvgIpc) is 3.53. The highest BCUT2D eigenvalue weighted by molar-refractivity contribution is 8.09. The third-order valence-electron chi connectivity index (χ3n) is 7.03. The van der Waals surface area contributed by atoms with Crippen molar-refractivity contribution >= 4 is 58.1 Å². The number of nitrogens with zero attached hydrogens (tertiary/aromatic N) is 4. The molecule has 0 amide bonds. The van der Waals surface area contributed by atoms with Crippen molar-refractivity contribution < 1.29 is 32.8 Å². The molecular weight excluding hydrogens is 624 g/mol. The van der Waals surface area contributed by atoms with Gasteiger partial charge in [-0.3, -0.25) is 9.36 Å². The summed E-state index contributed by atoms with van der Waals surface area (Å²) in [6.45, 7) is 0.922. The Balaban J connectivity index is 1.44. The van der Waals surface area contributed by atoms with E-state index in [4.69, 9.17) is 42.5 Å². The lowest BCUT2D eigenvalue weighted by atomic mass is 9.97. The predicted molar refractivity (Wildman–Crippen MR) is 171 cm³/mol. The minimum absolute atomic E-state index is 0.0975. The van der Waals surface area contributed by atoms with Gasteiger partial charge in [-0.05, 0) is 44.0 Å². The molecule has 1 saturated heterocycles. The molecule has 1 unspecified atom stereocenters. The van der Waals surface area contributed by atoms with Gasteiger partial charge in [0.05, 0.1) is 19.0 Å². The molecule has 1 aliphatic rings. The van der Waals surface area contributed by atoms with Gasteiger partial charge in [-0.2, -0.15) is 9.97 Å². The number of benzene rings is 2. The predicted octanol–water partition coefficient (Wildman–Crippen LogP) is 3.45. The molecule has 16 heteroatoms. The van der Waals surface area contributed by atoms with Crippen molar-refractivity contribution in [1.29, 1.82) is 0 Å². The van der Waals surface area contributed by atoms with Crippen LogP contribution in [-0.4, -0.2) is 74.3 Å². The van der Waals surface area contributed by atoms with Gasteiger partial charge < -0.3 is 34.7 Å². The molecule has 1 aliphatic heterocycles. The van der Waals surface area contributed by atoms with Gasteiger partial charge in [-0.15, -0.1) is 6.42 Å². The molecule has 238 valence electrons. The van der Waals surface area contributed by atoms with Gasteiger partial charge in [0.25, 0.3) is 0 Å². The third kappa shape index (κ3) is 6.44. The van der Waals surface area contributed by atoms with Crippen LogP contribution in [0.25, 0.3) is 21.9 Å². The molecule has 1 fully saturated rings. The number of hydrogen-bond donors (Lipinski definition) is 4. The van der Waals surface area contributed by atoms with Gasteiger partial charge in [0.1, 0.15) is 24.0 Å². The van der Waals surface area contributed by atoms with E-state index in [2.05, 4.69) is 25.4 Å². The summed E-state index contributed by atoms with van der Waals surface area (Å²) < 4.78 is 41.3. The standard InChI is InChI=1S/C29H33FN7O6PS/c1-6-29(30)23(38)21(42-27(29)37-15-33-22-24(32-5)34-28(31)35-25(22)37)14-40-44(45,36-17(4)26(39)41-16(2)3)43-20-13-9-11-18-10-7-8-12-19(18)20/h1,7-13,15-17,21,23,27,38H,14H2,2-5H3,(H,36,45)(H3,31,32,34,35)/t17-,21-,23-,27-,29-,44?/m1/s1. The zero-order valence-corrected chi connectivity index (χ0v) is 26.6. The molecule has 2 aromatic heterocycles. The maximum Gasteiger partial charge on any atom is 0.323 e. The number of nitrogen functional groups attached to an aromatic ring is 1. The normalized spacial score (nSPS) is 23.5. The highest BCUT2D eigenvalue weighted by Gasteiger charge is 2.58. The van der Waals surface area contributed by atoms with E-state index < -0.39 is 49.4 Å². The van der Waals surface area contributed by atoms with E-state index in [-0.39, 0.29) is 23.2 Å². The summed E-state index contributed by atoms with van der Waals surface area (Å²) in [4.78, 5) is 25.2. The van der Waals surface area contributed by atoms with Gasteiger partial charge in [-0.25, -0.2) is 14.5 Å². The first-order valence-electron chi connectivity index (χ1n) is 14.0. The Labute approximate surface area is 263 Å². The summed E-state index contributed by atoms with van der Waals surface area (Å²) in [6.07, 6.45) is 1.75. The Morgan fingerprint density at radius 2 is 2.02 bits per heavy atom. The number of aromatic nitrogens is 4. The Hall–Kier alpha value is -3.90. The number of ether oxygens (including phenoxy) is 2. The second-order valence-corrected chi connectivity index (χ2v) is 13.7. The van der Waals surface area contributed by atoms with Crippen molar-refractivity contribution in [2.75, 3.05) is 24.7 Å². The highest BCUT2D eigenvalue weighted by Crippen LogP contribution is 2.49. The number of alkyl halides is 1. The topological polar surface area (TPSA) is 168 Å². The molecule has 2 aromatic carbocycles. The van der Waals surface area contributed by atoms with E-state index >= 15 is 4.39 Å². The summed E-state index contributed by atoms with van der Waals surface area (Å²) in [7, 11) is 1.62. The molecule has 13 nitrogen and oxygen atoms in total. The van der Waals surface area contributed by atoms with Crippen molar-refractivity contribution in [3.8, 4) is 18.1 Å². The first kappa shape index (κ1) is 32.5. The quantitative estimate of drug-likeness (QED) is 0.105. The molecule has 45 heavy (non-hydrogen) atoms. The second kappa shape index (κ2) is 12.8. The molecule has 5 rings (SSSR count). The first-order valence-corrected chi connectivity index (χ1v) is 16.6. The Bertz CT molecular complexity index is 1810. The van der Waals surface area contributed by atoms with Crippen LogP contribution in [0.3, 0.4) is 0 Å². The van der Waals surface area contributed by atoms with Crippen molar-refractivity contribution in [1.82, 2.24) is 24.6 Å². The molecule has 0 radical (unpaired) electrons. The number of anilines is 2. The minimum atomic E-state index is -3.61. The van der Waals surface area contributed by atoms with Crippen molar-refractivity contribution in [3.63, 3.8) is 0 Å². The van der Waals surface area contributed by atoms with Crippen LogP contribution in [0.15, 0.2) is 48.8 Å². The van der Waals surface area contributed by atoms with E-state index in [1.807, 2.05) is 36.3 Å². The number of imidazole rings is 1. The third-order valence-corrected chi connectivity index (χ3v) is 9.51. The fourth-order valence-corrected chi connectivity index (χ4v) is 7.30. The molecule has 0 bridgehead atoms. The average molecular weight is 658 g/mol. The molecule has 0 aliphatic carbocycles. The molecule has 4 aromatic rings. The number of aliphatic hydroxyl groups excluding tert-OH is 1. The number of carbonyl (C=O) groups is 1. The number of carbonyl (C=O) groups excluding carboxylic acids is 1. The van der Waals surface area contributed by atoms with Gasteiger partial charge in [-0.1, -0.05) is 42.3 Å². The van der Waals surface area contributed by atoms with Crippen molar-refractivity contribution in [2.24, 2.45) is 0 Å². The van der Waals surface area contributed by atoms with Crippen LogP contribution < -0.4 is 20.7 Å². The molecule has 5 N–H and O–H groups in total. The van der Waals surface area contributed by atoms with Gasteiger partial charge in [0.15, 0.2) is 23.2 Å².